The second kappa shape index (κ2) is 7.31. The van der Waals surface area contributed by atoms with E-state index < -0.39 is 0 Å². The highest BCUT2D eigenvalue weighted by molar-refractivity contribution is 5.54. The zero-order valence-electron chi connectivity index (χ0n) is 13.5. The van der Waals surface area contributed by atoms with Crippen molar-refractivity contribution in [1.82, 2.24) is 5.32 Å². The van der Waals surface area contributed by atoms with Crippen LogP contribution in [0.15, 0.2) is 24.3 Å². The van der Waals surface area contributed by atoms with Gasteiger partial charge in [0, 0.05) is 24.8 Å². The summed E-state index contributed by atoms with van der Waals surface area (Å²) in [5.41, 5.74) is 3.05. The summed E-state index contributed by atoms with van der Waals surface area (Å²) in [6.45, 7) is 5.76. The van der Waals surface area contributed by atoms with E-state index in [9.17, 15) is 0 Å². The first kappa shape index (κ1) is 14.9. The first-order valence-electron chi connectivity index (χ1n) is 8.94. The fourth-order valence-corrected chi connectivity index (χ4v) is 4.20. The number of hydrogen-bond acceptors (Lipinski definition) is 2. The molecule has 1 fully saturated rings. The number of para-hydroxylation sites is 1. The topological polar surface area (TPSA) is 15.3 Å². The van der Waals surface area contributed by atoms with Gasteiger partial charge in [0.2, 0.25) is 0 Å². The van der Waals surface area contributed by atoms with E-state index in [4.69, 9.17) is 0 Å². The normalized spacial score (nSPS) is 21.1. The Morgan fingerprint density at radius 1 is 1.14 bits per heavy atom. The second-order valence-corrected chi connectivity index (χ2v) is 6.74. The van der Waals surface area contributed by atoms with Crippen molar-refractivity contribution < 1.29 is 0 Å². The van der Waals surface area contributed by atoms with Gasteiger partial charge in [0.25, 0.3) is 0 Å². The van der Waals surface area contributed by atoms with Crippen LogP contribution in [0.5, 0.6) is 0 Å². The van der Waals surface area contributed by atoms with Gasteiger partial charge in [-0.15, -0.1) is 0 Å². The summed E-state index contributed by atoms with van der Waals surface area (Å²) < 4.78 is 0. The number of benzene rings is 1. The molecule has 1 aliphatic heterocycles. The molecule has 1 aliphatic carbocycles. The molecule has 1 atom stereocenters. The smallest absolute Gasteiger partial charge is 0.0399 e. The summed E-state index contributed by atoms with van der Waals surface area (Å²) in [6.07, 6.45) is 9.63. The number of fused-ring (bicyclic) bond motifs is 1. The summed E-state index contributed by atoms with van der Waals surface area (Å²) in [5.74, 6) is 0.889. The molecule has 1 saturated carbocycles. The molecule has 2 aliphatic rings. The van der Waals surface area contributed by atoms with Crippen LogP contribution in [0.1, 0.15) is 51.0 Å². The average Bonchev–Trinajstić information content (AvgIpc) is 2.97. The third-order valence-electron chi connectivity index (χ3n) is 5.31. The Morgan fingerprint density at radius 2 is 1.95 bits per heavy atom. The Bertz CT molecular complexity index is 437. The highest BCUT2D eigenvalue weighted by atomic mass is 15.2. The fourth-order valence-electron chi connectivity index (χ4n) is 4.20. The molecule has 2 heteroatoms. The molecule has 3 rings (SSSR count). The minimum atomic E-state index is 0.670. The monoisotopic (exact) mass is 286 g/mol. The van der Waals surface area contributed by atoms with Gasteiger partial charge < -0.3 is 10.2 Å². The van der Waals surface area contributed by atoms with E-state index in [1.54, 1.807) is 5.56 Å². The predicted octanol–water partition coefficient (Wildman–Crippen LogP) is 4.00. The molecule has 0 spiro atoms. The first-order valence-corrected chi connectivity index (χ1v) is 8.94. The molecule has 1 N–H and O–H groups in total. The molecular formula is C19H30N2. The van der Waals surface area contributed by atoms with Crippen LogP contribution in [0.3, 0.4) is 0 Å². The summed E-state index contributed by atoms with van der Waals surface area (Å²) in [5, 5.41) is 3.78. The second-order valence-electron chi connectivity index (χ2n) is 6.74. The number of rotatable bonds is 5. The number of anilines is 1. The van der Waals surface area contributed by atoms with Gasteiger partial charge >= 0.3 is 0 Å². The van der Waals surface area contributed by atoms with Crippen molar-refractivity contribution in [3.05, 3.63) is 29.8 Å². The van der Waals surface area contributed by atoms with Gasteiger partial charge in [-0.1, -0.05) is 38.0 Å². The lowest BCUT2D eigenvalue weighted by Crippen LogP contribution is -2.45. The van der Waals surface area contributed by atoms with Crippen LogP contribution >= 0.6 is 0 Å². The van der Waals surface area contributed by atoms with Crippen molar-refractivity contribution in [3.8, 4) is 0 Å². The first-order chi connectivity index (χ1) is 10.4. The van der Waals surface area contributed by atoms with Gasteiger partial charge in [-0.3, -0.25) is 0 Å². The zero-order chi connectivity index (χ0) is 14.5. The molecule has 0 radical (unpaired) electrons. The Morgan fingerprint density at radius 3 is 2.76 bits per heavy atom. The van der Waals surface area contributed by atoms with E-state index in [2.05, 4.69) is 41.4 Å². The van der Waals surface area contributed by atoms with Crippen LogP contribution in [-0.4, -0.2) is 25.7 Å². The summed E-state index contributed by atoms with van der Waals surface area (Å²) in [6, 6.07) is 9.73. The van der Waals surface area contributed by atoms with Gasteiger partial charge in [-0.25, -0.2) is 0 Å². The highest BCUT2D eigenvalue weighted by Gasteiger charge is 2.27. The number of nitrogens with zero attached hydrogens (tertiary/aromatic N) is 1. The lowest BCUT2D eigenvalue weighted by molar-refractivity contribution is 0.363. The van der Waals surface area contributed by atoms with Crippen LogP contribution in [0.25, 0.3) is 0 Å². The van der Waals surface area contributed by atoms with E-state index in [0.717, 1.165) is 12.5 Å². The highest BCUT2D eigenvalue weighted by Crippen LogP contribution is 2.31. The molecule has 116 valence electrons. The van der Waals surface area contributed by atoms with E-state index in [1.807, 2.05) is 0 Å². The minimum Gasteiger partial charge on any atom is -0.370 e. The SMILES string of the molecule is CCNC(CN1CCCCc2ccccc21)C1CCCC1. The van der Waals surface area contributed by atoms with E-state index in [1.165, 1.54) is 63.7 Å². The summed E-state index contributed by atoms with van der Waals surface area (Å²) >= 11 is 0. The molecule has 1 unspecified atom stereocenters. The van der Waals surface area contributed by atoms with Crippen molar-refractivity contribution in [2.24, 2.45) is 5.92 Å². The maximum Gasteiger partial charge on any atom is 0.0399 e. The van der Waals surface area contributed by atoms with Crippen LogP contribution in [-0.2, 0) is 6.42 Å². The molecule has 21 heavy (non-hydrogen) atoms. The molecular weight excluding hydrogens is 256 g/mol. The lowest BCUT2D eigenvalue weighted by atomic mass is 9.97. The standard InChI is InChI=1S/C19H30N2/c1-2-20-18(16-9-3-4-10-16)15-21-14-8-7-12-17-11-5-6-13-19(17)21/h5-6,11,13,16,18,20H,2-4,7-10,12,14-15H2,1H3. The van der Waals surface area contributed by atoms with Crippen LogP contribution in [0, 0.1) is 5.92 Å². The van der Waals surface area contributed by atoms with E-state index >= 15 is 0 Å². The molecule has 0 amide bonds. The maximum absolute atomic E-state index is 3.78. The van der Waals surface area contributed by atoms with E-state index in [0.29, 0.717) is 6.04 Å². The molecule has 0 bridgehead atoms. The average molecular weight is 286 g/mol. The van der Waals surface area contributed by atoms with Crippen LogP contribution in [0.2, 0.25) is 0 Å². The maximum atomic E-state index is 3.78. The lowest BCUT2D eigenvalue weighted by Gasteiger charge is -2.33. The van der Waals surface area contributed by atoms with Gasteiger partial charge in [0.15, 0.2) is 0 Å². The van der Waals surface area contributed by atoms with E-state index in [-0.39, 0.29) is 0 Å². The number of aryl methyl sites for hydroxylation is 1. The fraction of sp³-hybridized carbons (Fsp3) is 0.684. The van der Waals surface area contributed by atoms with Crippen LogP contribution in [0.4, 0.5) is 5.69 Å². The zero-order valence-corrected chi connectivity index (χ0v) is 13.5. The Kier molecular flexibility index (Phi) is 5.18. The quantitative estimate of drug-likeness (QED) is 0.880. The molecule has 2 nitrogen and oxygen atoms in total. The van der Waals surface area contributed by atoms with Crippen LogP contribution < -0.4 is 10.2 Å². The van der Waals surface area contributed by atoms with Crippen molar-refractivity contribution in [2.45, 2.75) is 57.9 Å². The van der Waals surface area contributed by atoms with Crippen molar-refractivity contribution in [3.63, 3.8) is 0 Å². The van der Waals surface area contributed by atoms with Crippen molar-refractivity contribution in [2.75, 3.05) is 24.5 Å². The molecule has 1 aromatic carbocycles. The Labute approximate surface area is 129 Å². The van der Waals surface area contributed by atoms with Crippen molar-refractivity contribution >= 4 is 5.69 Å². The Balaban J connectivity index is 1.75. The predicted molar refractivity (Wildman–Crippen MR) is 91.0 cm³/mol. The van der Waals surface area contributed by atoms with Gasteiger partial charge in [0.05, 0.1) is 0 Å². The molecule has 0 aromatic heterocycles. The van der Waals surface area contributed by atoms with Crippen molar-refractivity contribution in [1.29, 1.82) is 0 Å². The molecule has 1 aromatic rings. The molecule has 1 heterocycles. The van der Waals surface area contributed by atoms with Gasteiger partial charge in [0.1, 0.15) is 0 Å². The van der Waals surface area contributed by atoms with Gasteiger partial charge in [-0.2, -0.15) is 0 Å². The van der Waals surface area contributed by atoms with Gasteiger partial charge in [-0.05, 0) is 56.2 Å². The number of nitrogens with one attached hydrogen (secondary N) is 1. The number of hydrogen-bond donors (Lipinski definition) is 1. The number of likely N-dealkylation sites (N-methyl/N-ethyl adjacent to an activating group) is 1. The third kappa shape index (κ3) is 3.60. The Hall–Kier alpha value is -1.02. The summed E-state index contributed by atoms with van der Waals surface area (Å²) in [7, 11) is 0. The largest absolute Gasteiger partial charge is 0.370 e. The third-order valence-corrected chi connectivity index (χ3v) is 5.31. The summed E-state index contributed by atoms with van der Waals surface area (Å²) in [4.78, 5) is 2.66. The minimum absolute atomic E-state index is 0.670. The molecule has 0 saturated heterocycles.